The molecular weight excluding hydrogens is 376 g/mol. The molecule has 3 rings (SSSR count). The van der Waals surface area contributed by atoms with E-state index in [1.165, 1.54) is 11.3 Å². The van der Waals surface area contributed by atoms with Crippen LogP contribution in [-0.4, -0.2) is 39.8 Å². The van der Waals surface area contributed by atoms with Crippen LogP contribution in [0.2, 0.25) is 5.02 Å². The zero-order valence-corrected chi connectivity index (χ0v) is 16.5. The minimum Gasteiger partial charge on any atom is -0.300 e. The number of hydrogen-bond acceptors (Lipinski definition) is 6. The Labute approximate surface area is 161 Å². The number of likely N-dealkylation sites (tertiary alicyclic amines) is 1. The molecule has 1 unspecified atom stereocenters. The first kappa shape index (κ1) is 18.6. The largest absolute Gasteiger partial charge is 0.300 e. The van der Waals surface area contributed by atoms with Gasteiger partial charge in [-0.2, -0.15) is 0 Å². The molecule has 5 nitrogen and oxygen atoms in total. The highest BCUT2D eigenvalue weighted by Crippen LogP contribution is 2.27. The van der Waals surface area contributed by atoms with Crippen molar-refractivity contribution in [2.45, 2.75) is 30.6 Å². The van der Waals surface area contributed by atoms with Crippen LogP contribution in [0.25, 0.3) is 0 Å². The summed E-state index contributed by atoms with van der Waals surface area (Å²) in [6.07, 6.45) is 1.91. The van der Waals surface area contributed by atoms with Gasteiger partial charge in [-0.15, -0.1) is 10.2 Å². The van der Waals surface area contributed by atoms with E-state index >= 15 is 0 Å². The third-order valence-electron chi connectivity index (χ3n) is 4.13. The summed E-state index contributed by atoms with van der Waals surface area (Å²) in [6, 6.07) is 7.88. The second-order valence-corrected chi connectivity index (χ2v) is 8.86. The molecule has 1 amide bonds. The van der Waals surface area contributed by atoms with Crippen molar-refractivity contribution in [2.75, 3.05) is 24.2 Å². The summed E-state index contributed by atoms with van der Waals surface area (Å²) >= 11 is 9.32. The minimum atomic E-state index is -0.0255. The normalized spacial score (nSPS) is 18.2. The topological polar surface area (TPSA) is 58.1 Å². The fraction of sp³-hybridized carbons (Fsp3) is 0.471. The highest BCUT2D eigenvalue weighted by molar-refractivity contribution is 8.01. The molecule has 1 aromatic heterocycles. The summed E-state index contributed by atoms with van der Waals surface area (Å²) in [4.78, 5) is 14.9. The molecule has 0 bridgehead atoms. The Morgan fingerprint density at radius 1 is 1.44 bits per heavy atom. The fourth-order valence-electron chi connectivity index (χ4n) is 2.93. The van der Waals surface area contributed by atoms with Gasteiger partial charge in [0.1, 0.15) is 0 Å². The van der Waals surface area contributed by atoms with Crippen molar-refractivity contribution >= 4 is 45.7 Å². The Morgan fingerprint density at radius 3 is 3.08 bits per heavy atom. The maximum atomic E-state index is 12.6. The first-order valence-electron chi connectivity index (χ1n) is 8.38. The molecule has 1 N–H and O–H groups in total. The second kappa shape index (κ2) is 8.98. The Bertz CT molecular complexity index is 724. The number of hydrogen-bond donors (Lipinski definition) is 1. The molecule has 1 fully saturated rings. The van der Waals surface area contributed by atoms with E-state index < -0.39 is 0 Å². The van der Waals surface area contributed by atoms with E-state index in [-0.39, 0.29) is 11.8 Å². The van der Waals surface area contributed by atoms with Gasteiger partial charge in [0.25, 0.3) is 0 Å². The Balaban J connectivity index is 1.56. The average molecular weight is 397 g/mol. The number of benzene rings is 1. The molecule has 0 saturated carbocycles. The van der Waals surface area contributed by atoms with E-state index in [4.69, 9.17) is 11.6 Å². The van der Waals surface area contributed by atoms with Crippen molar-refractivity contribution in [2.24, 2.45) is 5.92 Å². The lowest BCUT2D eigenvalue weighted by atomic mass is 9.97. The predicted molar refractivity (Wildman–Crippen MR) is 104 cm³/mol. The number of aromatic nitrogens is 2. The van der Waals surface area contributed by atoms with Crippen LogP contribution in [0.4, 0.5) is 5.13 Å². The molecule has 0 radical (unpaired) electrons. The van der Waals surface area contributed by atoms with Crippen LogP contribution < -0.4 is 5.32 Å². The molecule has 134 valence electrons. The number of thioether (sulfide) groups is 1. The zero-order valence-electron chi connectivity index (χ0n) is 14.1. The Hall–Kier alpha value is -1.15. The number of carbonyl (C=O) groups excluding carboxylic acids is 1. The number of halogens is 1. The number of anilines is 1. The van der Waals surface area contributed by atoms with Crippen molar-refractivity contribution in [3.05, 3.63) is 34.9 Å². The molecule has 8 heteroatoms. The quantitative estimate of drug-likeness (QED) is 0.587. The molecule has 1 aliphatic heterocycles. The number of amides is 1. The third-order valence-corrected chi connectivity index (χ3v) is 6.36. The lowest BCUT2D eigenvalue weighted by molar-refractivity contribution is -0.121. The van der Waals surface area contributed by atoms with Gasteiger partial charge >= 0.3 is 0 Å². The highest BCUT2D eigenvalue weighted by Gasteiger charge is 2.26. The predicted octanol–water partition coefficient (Wildman–Crippen LogP) is 4.15. The van der Waals surface area contributed by atoms with E-state index in [1.807, 2.05) is 24.3 Å². The van der Waals surface area contributed by atoms with Crippen LogP contribution in [0, 0.1) is 5.92 Å². The fourth-order valence-corrected chi connectivity index (χ4v) is 4.78. The van der Waals surface area contributed by atoms with Gasteiger partial charge in [0.05, 0.1) is 5.92 Å². The van der Waals surface area contributed by atoms with Gasteiger partial charge in [-0.3, -0.25) is 9.69 Å². The van der Waals surface area contributed by atoms with Crippen molar-refractivity contribution < 1.29 is 4.79 Å². The van der Waals surface area contributed by atoms with Crippen LogP contribution in [0.15, 0.2) is 28.6 Å². The standard InChI is InChI=1S/C17H21ClN4OS2/c1-2-24-17-21-20-16(25-17)19-15(23)13-7-5-9-22(11-13)10-12-6-3-4-8-14(12)18/h3-4,6,8,13H,2,5,7,9-11H2,1H3,(H,19,20,23). The van der Waals surface area contributed by atoms with Crippen LogP contribution >= 0.6 is 34.7 Å². The van der Waals surface area contributed by atoms with Crippen molar-refractivity contribution in [3.8, 4) is 0 Å². The second-order valence-electron chi connectivity index (χ2n) is 5.96. The Morgan fingerprint density at radius 2 is 2.28 bits per heavy atom. The molecule has 0 spiro atoms. The lowest BCUT2D eigenvalue weighted by Gasteiger charge is -2.32. The average Bonchev–Trinajstić information content (AvgIpc) is 3.05. The van der Waals surface area contributed by atoms with E-state index in [1.54, 1.807) is 11.8 Å². The summed E-state index contributed by atoms with van der Waals surface area (Å²) in [5, 5.41) is 12.4. The molecule has 2 aromatic rings. The summed E-state index contributed by atoms with van der Waals surface area (Å²) < 4.78 is 0.891. The molecule has 1 aliphatic rings. The van der Waals surface area contributed by atoms with Gasteiger partial charge in [-0.25, -0.2) is 0 Å². The highest BCUT2D eigenvalue weighted by atomic mass is 35.5. The lowest BCUT2D eigenvalue weighted by Crippen LogP contribution is -2.40. The van der Waals surface area contributed by atoms with Gasteiger partial charge in [0.15, 0.2) is 4.34 Å². The van der Waals surface area contributed by atoms with Gasteiger partial charge in [0, 0.05) is 18.1 Å². The van der Waals surface area contributed by atoms with Crippen LogP contribution in [-0.2, 0) is 11.3 Å². The smallest absolute Gasteiger partial charge is 0.230 e. The van der Waals surface area contributed by atoms with Crippen LogP contribution in [0.3, 0.4) is 0 Å². The van der Waals surface area contributed by atoms with Gasteiger partial charge in [-0.1, -0.05) is 59.8 Å². The molecular formula is C17H21ClN4OS2. The number of nitrogens with one attached hydrogen (secondary N) is 1. The van der Waals surface area contributed by atoms with Gasteiger partial charge in [0.2, 0.25) is 11.0 Å². The van der Waals surface area contributed by atoms with E-state index in [2.05, 4.69) is 27.3 Å². The van der Waals surface area contributed by atoms with Crippen molar-refractivity contribution in [1.29, 1.82) is 0 Å². The first-order valence-corrected chi connectivity index (χ1v) is 10.6. The first-order chi connectivity index (χ1) is 12.2. The summed E-state index contributed by atoms with van der Waals surface area (Å²) in [6.45, 7) is 4.58. The number of nitrogens with zero attached hydrogens (tertiary/aromatic N) is 3. The number of rotatable bonds is 6. The monoisotopic (exact) mass is 396 g/mol. The number of carbonyl (C=O) groups is 1. The van der Waals surface area contributed by atoms with Gasteiger partial charge in [-0.05, 0) is 36.8 Å². The zero-order chi connectivity index (χ0) is 17.6. The summed E-state index contributed by atoms with van der Waals surface area (Å²) in [5.74, 6) is 0.956. The maximum absolute atomic E-state index is 12.6. The van der Waals surface area contributed by atoms with Crippen LogP contribution in [0.5, 0.6) is 0 Å². The summed E-state index contributed by atoms with van der Waals surface area (Å²) in [5.41, 5.74) is 1.11. The molecule has 1 saturated heterocycles. The molecule has 1 aromatic carbocycles. The number of piperidine rings is 1. The SMILES string of the molecule is CCSc1nnc(NC(=O)C2CCCN(Cc3ccccc3Cl)C2)s1. The van der Waals surface area contributed by atoms with E-state index in [0.29, 0.717) is 5.13 Å². The maximum Gasteiger partial charge on any atom is 0.230 e. The minimum absolute atomic E-state index is 0.0255. The van der Waals surface area contributed by atoms with E-state index in [9.17, 15) is 4.79 Å². The molecule has 0 aliphatic carbocycles. The third kappa shape index (κ3) is 5.17. The summed E-state index contributed by atoms with van der Waals surface area (Å²) in [7, 11) is 0. The Kier molecular flexibility index (Phi) is 6.70. The van der Waals surface area contributed by atoms with Gasteiger partial charge < -0.3 is 5.32 Å². The molecule has 25 heavy (non-hydrogen) atoms. The molecule has 2 heterocycles. The van der Waals surface area contributed by atoms with Crippen molar-refractivity contribution in [1.82, 2.24) is 15.1 Å². The molecule has 1 atom stereocenters. The van der Waals surface area contributed by atoms with Crippen molar-refractivity contribution in [3.63, 3.8) is 0 Å². The van der Waals surface area contributed by atoms with E-state index in [0.717, 1.165) is 53.2 Å². The van der Waals surface area contributed by atoms with Crippen LogP contribution in [0.1, 0.15) is 25.3 Å².